The summed E-state index contributed by atoms with van der Waals surface area (Å²) in [6, 6.07) is 8.77. The Morgan fingerprint density at radius 1 is 1.11 bits per heavy atom. The largest absolute Gasteiger partial charge is 0.492 e. The molecule has 0 aliphatic heterocycles. The summed E-state index contributed by atoms with van der Waals surface area (Å²) in [6.45, 7) is 6.35. The molecule has 4 nitrogen and oxygen atoms in total. The van der Waals surface area contributed by atoms with E-state index in [2.05, 4.69) is 6.92 Å². The van der Waals surface area contributed by atoms with Gasteiger partial charge in [-0.05, 0) is 52.1 Å². The van der Waals surface area contributed by atoms with Crippen LogP contribution in [0.5, 0.6) is 11.5 Å². The molecule has 0 spiro atoms. The fourth-order valence-electron chi connectivity index (χ4n) is 2.89. The quantitative estimate of drug-likeness (QED) is 0.375. The van der Waals surface area contributed by atoms with Crippen LogP contribution in [0.2, 0.25) is 0 Å². The predicted octanol–water partition coefficient (Wildman–Crippen LogP) is 4.90. The third kappa shape index (κ3) is 5.07. The van der Waals surface area contributed by atoms with E-state index in [-0.39, 0.29) is 16.9 Å². The maximum Gasteiger partial charge on any atom is 0.347 e. The zero-order chi connectivity index (χ0) is 20.0. The Hall–Kier alpha value is -2.40. The Balaban J connectivity index is 2.51. The smallest absolute Gasteiger partial charge is 0.347 e. The van der Waals surface area contributed by atoms with Gasteiger partial charge < -0.3 is 14.4 Å². The average Bonchev–Trinajstić information content (AvgIpc) is 2.63. The minimum atomic E-state index is -0.608. The van der Waals surface area contributed by atoms with Gasteiger partial charge in [0.2, 0.25) is 0 Å². The maximum atomic E-state index is 15.1. The molecule has 2 rings (SSSR count). The van der Waals surface area contributed by atoms with Gasteiger partial charge >= 0.3 is 5.97 Å². The molecule has 0 heterocycles. The molecule has 0 bridgehead atoms. The first-order valence-corrected chi connectivity index (χ1v) is 9.23. The molecule has 27 heavy (non-hydrogen) atoms. The molecule has 0 aromatic heterocycles. The highest BCUT2D eigenvalue weighted by molar-refractivity contribution is 5.96. The van der Waals surface area contributed by atoms with E-state index in [0.717, 1.165) is 12.8 Å². The number of ether oxygens (including phenoxy) is 2. The van der Waals surface area contributed by atoms with Crippen LogP contribution in [0.25, 0.3) is 0 Å². The first kappa shape index (κ1) is 20.9. The summed E-state index contributed by atoms with van der Waals surface area (Å²) in [4.78, 5) is 14.7. The molecule has 2 aromatic carbocycles. The molecule has 2 aromatic rings. The Morgan fingerprint density at radius 3 is 2.37 bits per heavy atom. The number of benzene rings is 2. The van der Waals surface area contributed by atoms with Crippen molar-refractivity contribution in [2.24, 2.45) is 0 Å². The zero-order valence-corrected chi connectivity index (χ0v) is 16.8. The van der Waals surface area contributed by atoms with E-state index in [0.29, 0.717) is 35.8 Å². The summed E-state index contributed by atoms with van der Waals surface area (Å²) in [5.41, 5.74) is 1.60. The number of nitrogens with zero attached hydrogens (tertiary/aromatic N) is 1. The van der Waals surface area contributed by atoms with Crippen molar-refractivity contribution in [3.8, 4) is 11.5 Å². The maximum absolute atomic E-state index is 15.1. The lowest BCUT2D eigenvalue weighted by molar-refractivity contribution is 0.0728. The minimum Gasteiger partial charge on any atom is -0.492 e. The number of halogens is 1. The van der Waals surface area contributed by atoms with Crippen LogP contribution >= 0.6 is 0 Å². The predicted molar refractivity (Wildman–Crippen MR) is 105 cm³/mol. The van der Waals surface area contributed by atoms with Crippen LogP contribution in [-0.2, 0) is 6.54 Å². The van der Waals surface area contributed by atoms with Gasteiger partial charge in [-0.25, -0.2) is 9.18 Å². The fourth-order valence-corrected chi connectivity index (χ4v) is 2.89. The molecule has 0 saturated carbocycles. The number of rotatable bonds is 8. The zero-order valence-electron chi connectivity index (χ0n) is 16.8. The van der Waals surface area contributed by atoms with Gasteiger partial charge in [-0.3, -0.25) is 0 Å². The van der Waals surface area contributed by atoms with Crippen LogP contribution < -0.4 is 9.47 Å². The summed E-state index contributed by atoms with van der Waals surface area (Å²) < 4.78 is 26.5. The molecule has 146 valence electrons. The number of carbonyl (C=O) groups excluding carboxylic acids is 1. The Kier molecular flexibility index (Phi) is 7.36. The lowest BCUT2D eigenvalue weighted by Crippen LogP contribution is -2.19. The first-order valence-electron chi connectivity index (χ1n) is 9.23. The highest BCUT2D eigenvalue weighted by Gasteiger charge is 2.27. The lowest BCUT2D eigenvalue weighted by Gasteiger charge is -2.21. The summed E-state index contributed by atoms with van der Waals surface area (Å²) in [5.74, 6) is -0.162. The summed E-state index contributed by atoms with van der Waals surface area (Å²) in [7, 11) is 3.76. The molecule has 0 unspecified atom stereocenters. The van der Waals surface area contributed by atoms with Gasteiger partial charge in [0.1, 0.15) is 22.9 Å². The number of hydrogen-bond acceptors (Lipinski definition) is 4. The summed E-state index contributed by atoms with van der Waals surface area (Å²) in [6.07, 6.45) is 1.82. The second kappa shape index (κ2) is 9.51. The SMILES string of the molecule is CCCCOc1c(C)c(CN(C)C)c(F)c(C)c1C(=O)Oc1ccccc1. The number of carbonyl (C=O) groups is 1. The number of unbranched alkanes of at least 4 members (excludes halogenated alkanes) is 1. The van der Waals surface area contributed by atoms with E-state index >= 15 is 4.39 Å². The molecule has 0 aliphatic rings. The molecule has 0 radical (unpaired) electrons. The summed E-state index contributed by atoms with van der Waals surface area (Å²) >= 11 is 0. The van der Waals surface area contributed by atoms with Crippen LogP contribution in [0.1, 0.15) is 46.8 Å². The van der Waals surface area contributed by atoms with Gasteiger partial charge in [-0.2, -0.15) is 0 Å². The van der Waals surface area contributed by atoms with Crippen molar-refractivity contribution in [1.29, 1.82) is 0 Å². The summed E-state index contributed by atoms with van der Waals surface area (Å²) in [5, 5.41) is 0. The Labute approximate surface area is 160 Å². The molecular formula is C22H28FNO3. The minimum absolute atomic E-state index is 0.160. The van der Waals surface area contributed by atoms with E-state index in [4.69, 9.17) is 9.47 Å². The van der Waals surface area contributed by atoms with Crippen LogP contribution in [0, 0.1) is 19.7 Å². The van der Waals surface area contributed by atoms with Gasteiger partial charge in [-0.1, -0.05) is 31.5 Å². The highest BCUT2D eigenvalue weighted by atomic mass is 19.1. The van der Waals surface area contributed by atoms with Crippen molar-refractivity contribution in [2.45, 2.75) is 40.2 Å². The first-order chi connectivity index (χ1) is 12.9. The lowest BCUT2D eigenvalue weighted by atomic mass is 9.96. The third-order valence-corrected chi connectivity index (χ3v) is 4.37. The third-order valence-electron chi connectivity index (χ3n) is 4.37. The molecule has 5 heteroatoms. The van der Waals surface area contributed by atoms with Crippen LogP contribution in [-0.4, -0.2) is 31.6 Å². The van der Waals surface area contributed by atoms with E-state index < -0.39 is 5.97 Å². The molecule has 0 amide bonds. The van der Waals surface area contributed by atoms with Crippen molar-refractivity contribution < 1.29 is 18.7 Å². The Bertz CT molecular complexity index is 788. The van der Waals surface area contributed by atoms with Crippen molar-refractivity contribution in [3.05, 3.63) is 58.4 Å². The van der Waals surface area contributed by atoms with Gasteiger partial charge in [0.25, 0.3) is 0 Å². The van der Waals surface area contributed by atoms with Gasteiger partial charge in [0.05, 0.1) is 6.61 Å². The number of esters is 1. The van der Waals surface area contributed by atoms with E-state index in [9.17, 15) is 4.79 Å². The van der Waals surface area contributed by atoms with Gasteiger partial charge in [0, 0.05) is 17.7 Å². The molecular weight excluding hydrogens is 345 g/mol. The van der Waals surface area contributed by atoms with Gasteiger partial charge in [-0.15, -0.1) is 0 Å². The topological polar surface area (TPSA) is 38.8 Å². The van der Waals surface area contributed by atoms with Crippen molar-refractivity contribution in [1.82, 2.24) is 4.90 Å². The highest BCUT2D eigenvalue weighted by Crippen LogP contribution is 2.34. The van der Waals surface area contributed by atoms with Crippen molar-refractivity contribution in [2.75, 3.05) is 20.7 Å². The van der Waals surface area contributed by atoms with Crippen molar-refractivity contribution in [3.63, 3.8) is 0 Å². The molecule has 0 atom stereocenters. The standard InChI is InChI=1S/C22H28FNO3/c1-6-7-13-26-21-15(2)18(14-24(4)5)20(23)16(3)19(21)22(25)27-17-11-9-8-10-12-17/h8-12H,6-7,13-14H2,1-5H3. The van der Waals surface area contributed by atoms with Crippen LogP contribution in [0.3, 0.4) is 0 Å². The van der Waals surface area contributed by atoms with Crippen LogP contribution in [0.4, 0.5) is 4.39 Å². The monoisotopic (exact) mass is 373 g/mol. The molecule has 0 aliphatic carbocycles. The second-order valence-electron chi connectivity index (χ2n) is 6.89. The molecule has 0 fully saturated rings. The van der Waals surface area contributed by atoms with Crippen molar-refractivity contribution >= 4 is 5.97 Å². The van der Waals surface area contributed by atoms with E-state index in [1.807, 2.05) is 25.1 Å². The second-order valence-corrected chi connectivity index (χ2v) is 6.89. The van der Waals surface area contributed by atoms with E-state index in [1.165, 1.54) is 0 Å². The normalized spacial score (nSPS) is 10.9. The fraction of sp³-hybridized carbons (Fsp3) is 0.409. The van der Waals surface area contributed by atoms with Gasteiger partial charge in [0.15, 0.2) is 0 Å². The number of para-hydroxylation sites is 1. The molecule has 0 N–H and O–H groups in total. The molecule has 0 saturated heterocycles. The van der Waals surface area contributed by atoms with Crippen LogP contribution in [0.15, 0.2) is 30.3 Å². The number of hydrogen-bond donors (Lipinski definition) is 0. The average molecular weight is 373 g/mol. The van der Waals surface area contributed by atoms with E-state index in [1.54, 1.807) is 38.1 Å². The Morgan fingerprint density at radius 2 is 1.78 bits per heavy atom.